The maximum Gasteiger partial charge on any atom is 0.0726 e. The summed E-state index contributed by atoms with van der Waals surface area (Å²) < 4.78 is 3.88. The van der Waals surface area contributed by atoms with E-state index in [4.69, 9.17) is 0 Å². The lowest BCUT2D eigenvalue weighted by molar-refractivity contribution is 0.795. The average Bonchev–Trinajstić information content (AvgIpc) is 3.47. The van der Waals surface area contributed by atoms with Crippen molar-refractivity contribution < 1.29 is 0 Å². The average molecular weight is 501 g/mol. The Balaban J connectivity index is 1.61. The standard InChI is InChI=1S/C31H17BrS/c32-27-14-7-13-25-30(27)20-10-2-5-12-24(20)31(25)23-11-4-1-8-18(23)21-16-22-19-9-3-6-15-28(19)33-29(22)17-26(21)31/h1-17H. The normalized spacial score (nSPS) is 17.4. The van der Waals surface area contributed by atoms with Gasteiger partial charge in [0.15, 0.2) is 0 Å². The van der Waals surface area contributed by atoms with E-state index in [-0.39, 0.29) is 5.41 Å². The predicted molar refractivity (Wildman–Crippen MR) is 143 cm³/mol. The molecule has 1 aromatic heterocycles. The quantitative estimate of drug-likeness (QED) is 0.194. The summed E-state index contributed by atoms with van der Waals surface area (Å²) >= 11 is 5.80. The highest BCUT2D eigenvalue weighted by Gasteiger charge is 2.52. The number of hydrogen-bond acceptors (Lipinski definition) is 1. The molecule has 1 spiro atoms. The maximum absolute atomic E-state index is 3.89. The number of thiophene rings is 1. The molecule has 6 aromatic rings. The van der Waals surface area contributed by atoms with Gasteiger partial charge in [0.05, 0.1) is 5.41 Å². The Bertz CT molecular complexity index is 1790. The van der Waals surface area contributed by atoms with Gasteiger partial charge in [-0.3, -0.25) is 0 Å². The van der Waals surface area contributed by atoms with Crippen LogP contribution in [0.4, 0.5) is 0 Å². The third kappa shape index (κ3) is 2.08. The molecule has 0 saturated heterocycles. The SMILES string of the molecule is Brc1cccc2c1-c1ccccc1C21c2ccccc2-c2cc3c(cc21)sc1ccccc13. The van der Waals surface area contributed by atoms with E-state index in [1.165, 1.54) is 64.7 Å². The summed E-state index contributed by atoms with van der Waals surface area (Å²) in [4.78, 5) is 0. The summed E-state index contributed by atoms with van der Waals surface area (Å²) in [6.07, 6.45) is 0. The minimum atomic E-state index is -0.286. The zero-order valence-corrected chi connectivity index (χ0v) is 20.0. The Hall–Kier alpha value is -3.20. The fourth-order valence-electron chi connectivity index (χ4n) is 6.36. The molecule has 0 saturated carbocycles. The van der Waals surface area contributed by atoms with Crippen molar-refractivity contribution in [2.75, 3.05) is 0 Å². The van der Waals surface area contributed by atoms with Gasteiger partial charge in [-0.2, -0.15) is 0 Å². The van der Waals surface area contributed by atoms with Crippen LogP contribution in [0, 0.1) is 0 Å². The fraction of sp³-hybridized carbons (Fsp3) is 0.0323. The van der Waals surface area contributed by atoms with Gasteiger partial charge >= 0.3 is 0 Å². The van der Waals surface area contributed by atoms with Gasteiger partial charge in [-0.05, 0) is 63.2 Å². The Morgan fingerprint density at radius 2 is 1.21 bits per heavy atom. The van der Waals surface area contributed by atoms with E-state index in [0.29, 0.717) is 0 Å². The first kappa shape index (κ1) is 18.3. The topological polar surface area (TPSA) is 0 Å². The highest BCUT2D eigenvalue weighted by atomic mass is 79.9. The molecule has 2 heteroatoms. The summed E-state index contributed by atoms with van der Waals surface area (Å²) in [6.45, 7) is 0. The van der Waals surface area contributed by atoms with Crippen LogP contribution < -0.4 is 0 Å². The molecule has 2 aliphatic rings. The van der Waals surface area contributed by atoms with Gasteiger partial charge in [-0.15, -0.1) is 11.3 Å². The lowest BCUT2D eigenvalue weighted by Crippen LogP contribution is -2.25. The molecule has 0 radical (unpaired) electrons. The van der Waals surface area contributed by atoms with E-state index in [1.807, 2.05) is 11.3 Å². The molecule has 8 rings (SSSR count). The van der Waals surface area contributed by atoms with Crippen molar-refractivity contribution in [2.45, 2.75) is 5.41 Å². The number of hydrogen-bond donors (Lipinski definition) is 0. The van der Waals surface area contributed by atoms with Gasteiger partial charge in [-0.25, -0.2) is 0 Å². The van der Waals surface area contributed by atoms with Crippen LogP contribution in [0.2, 0.25) is 0 Å². The van der Waals surface area contributed by atoms with Gasteiger partial charge in [0.2, 0.25) is 0 Å². The monoisotopic (exact) mass is 500 g/mol. The molecule has 1 atom stereocenters. The van der Waals surface area contributed by atoms with Crippen LogP contribution in [0.15, 0.2) is 108 Å². The number of benzene rings is 5. The Kier molecular flexibility index (Phi) is 3.44. The van der Waals surface area contributed by atoms with Gasteiger partial charge in [-0.1, -0.05) is 94.8 Å². The number of fused-ring (bicyclic) bond motifs is 13. The molecule has 1 unspecified atom stereocenters. The van der Waals surface area contributed by atoms with Crippen LogP contribution in [0.3, 0.4) is 0 Å². The maximum atomic E-state index is 3.89. The highest BCUT2D eigenvalue weighted by Crippen LogP contribution is 2.64. The van der Waals surface area contributed by atoms with Gasteiger partial charge < -0.3 is 0 Å². The molecular formula is C31H17BrS. The molecule has 0 amide bonds. The number of halogens is 1. The van der Waals surface area contributed by atoms with Crippen LogP contribution in [0.25, 0.3) is 42.4 Å². The Morgan fingerprint density at radius 3 is 2.09 bits per heavy atom. The van der Waals surface area contributed by atoms with Crippen molar-refractivity contribution in [2.24, 2.45) is 0 Å². The van der Waals surface area contributed by atoms with Crippen LogP contribution in [0.5, 0.6) is 0 Å². The first-order valence-electron chi connectivity index (χ1n) is 11.2. The zero-order chi connectivity index (χ0) is 21.7. The molecule has 0 fully saturated rings. The summed E-state index contributed by atoms with van der Waals surface area (Å²) in [6, 6.07) is 38.4. The van der Waals surface area contributed by atoms with Gasteiger partial charge in [0, 0.05) is 30.2 Å². The smallest absolute Gasteiger partial charge is 0.0726 e. The minimum absolute atomic E-state index is 0.286. The molecule has 0 N–H and O–H groups in total. The first-order chi connectivity index (χ1) is 16.3. The summed E-state index contributed by atoms with van der Waals surface area (Å²) in [5.74, 6) is 0. The fourth-order valence-corrected chi connectivity index (χ4v) is 8.07. The summed E-state index contributed by atoms with van der Waals surface area (Å²) in [5, 5.41) is 2.72. The van der Waals surface area contributed by atoms with E-state index < -0.39 is 0 Å². The van der Waals surface area contributed by atoms with Crippen molar-refractivity contribution in [3.8, 4) is 22.3 Å². The molecular weight excluding hydrogens is 484 g/mol. The molecule has 154 valence electrons. The van der Waals surface area contributed by atoms with Crippen LogP contribution >= 0.6 is 27.3 Å². The molecule has 2 aliphatic carbocycles. The third-order valence-corrected chi connectivity index (χ3v) is 9.35. The lowest BCUT2D eigenvalue weighted by Gasteiger charge is -2.30. The molecule has 0 aliphatic heterocycles. The third-order valence-electron chi connectivity index (χ3n) is 7.56. The Labute approximate surface area is 204 Å². The first-order valence-corrected chi connectivity index (χ1v) is 12.8. The lowest BCUT2D eigenvalue weighted by atomic mass is 9.70. The molecule has 5 aromatic carbocycles. The van der Waals surface area contributed by atoms with E-state index in [2.05, 4.69) is 119 Å². The summed E-state index contributed by atoms with van der Waals surface area (Å²) in [7, 11) is 0. The number of rotatable bonds is 0. The van der Waals surface area contributed by atoms with Crippen LogP contribution in [-0.2, 0) is 5.41 Å². The molecule has 0 nitrogen and oxygen atoms in total. The largest absolute Gasteiger partial charge is 0.135 e. The minimum Gasteiger partial charge on any atom is -0.135 e. The van der Waals surface area contributed by atoms with E-state index >= 15 is 0 Å². The second-order valence-corrected chi connectivity index (χ2v) is 10.9. The highest BCUT2D eigenvalue weighted by molar-refractivity contribution is 9.10. The second-order valence-electron chi connectivity index (χ2n) is 9.00. The van der Waals surface area contributed by atoms with Crippen molar-refractivity contribution in [3.63, 3.8) is 0 Å². The van der Waals surface area contributed by atoms with Gasteiger partial charge in [0.1, 0.15) is 0 Å². The second kappa shape index (κ2) is 6.22. The molecule has 33 heavy (non-hydrogen) atoms. The molecule has 1 heterocycles. The van der Waals surface area contributed by atoms with Crippen molar-refractivity contribution in [3.05, 3.63) is 130 Å². The van der Waals surface area contributed by atoms with Gasteiger partial charge in [0.25, 0.3) is 0 Å². The summed E-state index contributed by atoms with van der Waals surface area (Å²) in [5.41, 5.74) is 10.7. The Morgan fingerprint density at radius 1 is 0.515 bits per heavy atom. The van der Waals surface area contributed by atoms with E-state index in [0.717, 1.165) is 4.47 Å². The van der Waals surface area contributed by atoms with E-state index in [1.54, 1.807) is 0 Å². The zero-order valence-electron chi connectivity index (χ0n) is 17.6. The predicted octanol–water partition coefficient (Wildman–Crippen LogP) is 9.16. The molecule has 0 bridgehead atoms. The van der Waals surface area contributed by atoms with Crippen LogP contribution in [-0.4, -0.2) is 0 Å². The van der Waals surface area contributed by atoms with Crippen LogP contribution in [0.1, 0.15) is 22.3 Å². The van der Waals surface area contributed by atoms with Crippen molar-refractivity contribution in [1.82, 2.24) is 0 Å². The van der Waals surface area contributed by atoms with Crippen molar-refractivity contribution in [1.29, 1.82) is 0 Å². The van der Waals surface area contributed by atoms with Crippen molar-refractivity contribution >= 4 is 47.4 Å². The van der Waals surface area contributed by atoms with E-state index in [9.17, 15) is 0 Å².